The molecule has 0 aliphatic heterocycles. The molecule has 11 nitrogen and oxygen atoms in total. The first-order chi connectivity index (χ1) is 16.9. The van der Waals surface area contributed by atoms with Gasteiger partial charge in [0.2, 0.25) is 11.7 Å². The molecule has 0 spiro atoms. The lowest BCUT2D eigenvalue weighted by molar-refractivity contribution is -0.144. The third-order valence-electron chi connectivity index (χ3n) is 7.41. The van der Waals surface area contributed by atoms with Gasteiger partial charge in [-0.2, -0.15) is 0 Å². The Balaban J connectivity index is 1.55. The molecule has 1 fully saturated rings. The van der Waals surface area contributed by atoms with Crippen LogP contribution in [0.15, 0.2) is 28.7 Å². The molecular weight excluding hydrogens is 477 g/mol. The topological polar surface area (TPSA) is 199 Å². The van der Waals surface area contributed by atoms with Crippen molar-refractivity contribution in [3.05, 3.63) is 45.7 Å². The fourth-order valence-electron chi connectivity index (χ4n) is 5.46. The van der Waals surface area contributed by atoms with Crippen LogP contribution in [0.3, 0.4) is 0 Å². The van der Waals surface area contributed by atoms with E-state index < -0.39 is 80.6 Å². The number of primary amides is 1. The lowest BCUT2D eigenvalue weighted by atomic mass is 9.60. The van der Waals surface area contributed by atoms with Crippen molar-refractivity contribution in [1.29, 1.82) is 0 Å². The number of halogens is 1. The van der Waals surface area contributed by atoms with Crippen LogP contribution in [0.25, 0.3) is 0 Å². The van der Waals surface area contributed by atoms with E-state index in [2.05, 4.69) is 10.6 Å². The van der Waals surface area contributed by atoms with E-state index in [0.29, 0.717) is 0 Å². The average Bonchev–Trinajstić information content (AvgIpc) is 3.62. The van der Waals surface area contributed by atoms with Gasteiger partial charge in [0.05, 0.1) is 17.8 Å². The number of aliphatic hydroxyl groups is 3. The number of allylic oxidation sites excluding steroid dienone is 2. The number of aliphatic hydroxyl groups excluding tert-OH is 2. The number of hydrogen-bond acceptors (Lipinski definition) is 9. The number of aromatic hydroxyl groups is 1. The maximum absolute atomic E-state index is 15.1. The zero-order chi connectivity index (χ0) is 26.1. The second kappa shape index (κ2) is 8.14. The van der Waals surface area contributed by atoms with Gasteiger partial charge in [-0.15, -0.1) is 0 Å². The van der Waals surface area contributed by atoms with Crippen LogP contribution in [0.4, 0.5) is 10.1 Å². The molecule has 36 heavy (non-hydrogen) atoms. The van der Waals surface area contributed by atoms with Gasteiger partial charge in [-0.05, 0) is 31.6 Å². The second-order valence-corrected chi connectivity index (χ2v) is 9.72. The summed E-state index contributed by atoms with van der Waals surface area (Å²) < 4.78 is 15.1. The molecule has 1 aromatic carbocycles. The third kappa shape index (κ3) is 3.47. The largest absolute Gasteiger partial charge is 0.511 e. The first-order valence-electron chi connectivity index (χ1n) is 11.5. The highest BCUT2D eigenvalue weighted by atomic mass is 19.1. The van der Waals surface area contributed by atoms with Crippen molar-refractivity contribution in [3.63, 3.8) is 0 Å². The fourth-order valence-corrected chi connectivity index (χ4v) is 5.46. The number of anilines is 1. The summed E-state index contributed by atoms with van der Waals surface area (Å²) >= 11 is 0. The minimum Gasteiger partial charge on any atom is -0.511 e. The van der Waals surface area contributed by atoms with Crippen LogP contribution >= 0.6 is 0 Å². The molecule has 0 radical (unpaired) electrons. The molecule has 4 aliphatic rings. The first-order valence-corrected chi connectivity index (χ1v) is 11.5. The van der Waals surface area contributed by atoms with Crippen LogP contribution < -0.4 is 16.4 Å². The van der Waals surface area contributed by atoms with Gasteiger partial charge in [0.25, 0.3) is 5.91 Å². The Hall–Kier alpha value is -3.77. The highest BCUT2D eigenvalue weighted by Crippen LogP contribution is 2.52. The zero-order valence-corrected chi connectivity index (χ0v) is 18.9. The van der Waals surface area contributed by atoms with Crippen LogP contribution in [-0.4, -0.2) is 62.0 Å². The van der Waals surface area contributed by atoms with E-state index >= 15 is 4.39 Å². The van der Waals surface area contributed by atoms with E-state index in [1.807, 2.05) is 0 Å². The number of nitrogens with two attached hydrogens (primary N) is 1. The van der Waals surface area contributed by atoms with Crippen LogP contribution in [-0.2, 0) is 20.8 Å². The third-order valence-corrected chi connectivity index (χ3v) is 7.41. The highest BCUT2D eigenvalue weighted by Gasteiger charge is 2.59. The summed E-state index contributed by atoms with van der Waals surface area (Å²) in [6.07, 6.45) is 1.24. The predicted octanol–water partition coefficient (Wildman–Crippen LogP) is 0.410. The highest BCUT2D eigenvalue weighted by molar-refractivity contribution is 6.24. The number of nitrogens with one attached hydrogen (secondary N) is 2. The Morgan fingerprint density at radius 2 is 1.86 bits per heavy atom. The Bertz CT molecular complexity index is 1310. The minimum atomic E-state index is -2.70. The van der Waals surface area contributed by atoms with E-state index in [1.165, 1.54) is 0 Å². The number of rotatable bonds is 5. The first kappa shape index (κ1) is 23.9. The molecular formula is C24H24FN3O8. The van der Waals surface area contributed by atoms with Gasteiger partial charge in [0, 0.05) is 35.6 Å². The SMILES string of the molecule is NC(=O)C1=C(O)C[C@@H]2CC3Cc4c(F)cc(NC(=O)CNC5CC5)c(O)c4C(=O)C3=C(O)[C@]2(O)C1=O. The van der Waals surface area contributed by atoms with E-state index in [1.54, 1.807) is 0 Å². The van der Waals surface area contributed by atoms with Crippen molar-refractivity contribution in [3.8, 4) is 5.75 Å². The van der Waals surface area contributed by atoms with Crippen molar-refractivity contribution in [2.45, 2.75) is 43.7 Å². The Labute approximate surface area is 203 Å². The lowest BCUT2D eigenvalue weighted by Crippen LogP contribution is -2.57. The van der Waals surface area contributed by atoms with Gasteiger partial charge in [0.1, 0.15) is 22.9 Å². The van der Waals surface area contributed by atoms with E-state index in [-0.39, 0.29) is 43.1 Å². The molecule has 0 bridgehead atoms. The fraction of sp³-hybridized carbons (Fsp3) is 0.417. The smallest absolute Gasteiger partial charge is 0.255 e. The summed E-state index contributed by atoms with van der Waals surface area (Å²) in [7, 11) is 0. The number of ketones is 2. The maximum Gasteiger partial charge on any atom is 0.255 e. The molecule has 5 rings (SSSR count). The normalized spacial score (nSPS) is 27.4. The van der Waals surface area contributed by atoms with Crippen molar-refractivity contribution in [1.82, 2.24) is 5.32 Å². The Morgan fingerprint density at radius 1 is 1.17 bits per heavy atom. The van der Waals surface area contributed by atoms with Crippen LogP contribution in [0.1, 0.15) is 41.6 Å². The number of carbonyl (C=O) groups is 4. The summed E-state index contributed by atoms with van der Waals surface area (Å²) in [5, 5.41) is 48.5. The number of amides is 2. The van der Waals surface area contributed by atoms with Crippen molar-refractivity contribution < 1.29 is 44.0 Å². The minimum absolute atomic E-state index is 0.0795. The predicted molar refractivity (Wildman–Crippen MR) is 120 cm³/mol. The summed E-state index contributed by atoms with van der Waals surface area (Å²) in [6.45, 7) is -0.0795. The molecule has 8 N–H and O–H groups in total. The van der Waals surface area contributed by atoms with Crippen LogP contribution in [0.5, 0.6) is 5.75 Å². The molecule has 2 amide bonds. The second-order valence-electron chi connectivity index (χ2n) is 9.72. The van der Waals surface area contributed by atoms with Crippen LogP contribution in [0.2, 0.25) is 0 Å². The number of phenolic OH excluding ortho intramolecular Hbond substituents is 1. The van der Waals surface area contributed by atoms with Gasteiger partial charge in [-0.3, -0.25) is 19.2 Å². The summed E-state index contributed by atoms with van der Waals surface area (Å²) in [5.41, 5.74) is 0.192. The van der Waals surface area contributed by atoms with E-state index in [9.17, 15) is 39.6 Å². The monoisotopic (exact) mass is 501 g/mol. The van der Waals surface area contributed by atoms with Crippen molar-refractivity contribution >= 4 is 29.1 Å². The van der Waals surface area contributed by atoms with Crippen LogP contribution in [0, 0.1) is 17.7 Å². The molecule has 1 aromatic rings. The van der Waals surface area contributed by atoms with Crippen molar-refractivity contribution in [2.24, 2.45) is 17.6 Å². The van der Waals surface area contributed by atoms with E-state index in [4.69, 9.17) is 5.73 Å². The molecule has 3 atom stereocenters. The number of benzene rings is 1. The number of Topliss-reactive ketones (excluding diaryl/α,β-unsaturated/α-hetero) is 2. The molecule has 0 aromatic heterocycles. The zero-order valence-electron chi connectivity index (χ0n) is 18.9. The van der Waals surface area contributed by atoms with Gasteiger partial charge in [-0.25, -0.2) is 4.39 Å². The summed E-state index contributed by atoms with van der Waals surface area (Å²) in [5.74, 6) is -9.43. The summed E-state index contributed by atoms with van der Waals surface area (Å²) in [4.78, 5) is 50.3. The van der Waals surface area contributed by atoms with Gasteiger partial charge < -0.3 is 36.8 Å². The molecule has 12 heteroatoms. The quantitative estimate of drug-likeness (QED) is 0.220. The number of fused-ring (bicyclic) bond motifs is 3. The Kier molecular flexibility index (Phi) is 5.41. The van der Waals surface area contributed by atoms with E-state index in [0.717, 1.165) is 18.9 Å². The van der Waals surface area contributed by atoms with Gasteiger partial charge in [-0.1, -0.05) is 0 Å². The molecule has 1 unspecified atom stereocenters. The van der Waals surface area contributed by atoms with Crippen molar-refractivity contribution in [2.75, 3.05) is 11.9 Å². The molecule has 0 saturated heterocycles. The van der Waals surface area contributed by atoms with Gasteiger partial charge in [0.15, 0.2) is 17.1 Å². The number of phenols is 1. The molecule has 0 heterocycles. The molecule has 4 aliphatic carbocycles. The summed E-state index contributed by atoms with van der Waals surface area (Å²) in [6, 6.07) is 1.13. The molecule has 1 saturated carbocycles. The van der Waals surface area contributed by atoms with Gasteiger partial charge >= 0.3 is 0 Å². The number of hydrogen-bond donors (Lipinski definition) is 7. The standard InChI is InChI=1S/C24H24FN3O8/c25-12-6-13(28-15(30)7-27-10-1-2-10)19(31)17-11(12)4-8-3-9-5-14(29)18(23(26)35)22(34)24(9,36)21(33)16(8)20(17)32/h6,8-10,27,29,31,33,36H,1-5,7H2,(H2,26,35)(H,28,30)/t8?,9-,24-/m0/s1. The average molecular weight is 501 g/mol. The number of carbonyl (C=O) groups excluding carboxylic acids is 4. The maximum atomic E-state index is 15.1. The lowest BCUT2D eigenvalue weighted by Gasteiger charge is -2.45. The Morgan fingerprint density at radius 3 is 2.50 bits per heavy atom. The molecule has 190 valence electrons.